The Bertz CT molecular complexity index is 169. The molecule has 1 saturated heterocycles. The van der Waals surface area contributed by atoms with Crippen LogP contribution < -0.4 is 5.73 Å². The smallest absolute Gasteiger partial charge is 0.0814 e. The fourth-order valence-electron chi connectivity index (χ4n) is 2.37. The lowest BCUT2D eigenvalue weighted by Gasteiger charge is -2.16. The van der Waals surface area contributed by atoms with Crippen LogP contribution in [0.4, 0.5) is 0 Å². The Morgan fingerprint density at radius 3 is 2.43 bits per heavy atom. The van der Waals surface area contributed by atoms with Crippen molar-refractivity contribution < 1.29 is 9.47 Å². The van der Waals surface area contributed by atoms with Gasteiger partial charge in [-0.3, -0.25) is 0 Å². The molecule has 1 saturated carbocycles. The Labute approximate surface area is 85.9 Å². The van der Waals surface area contributed by atoms with Gasteiger partial charge in [-0.25, -0.2) is 0 Å². The van der Waals surface area contributed by atoms with Gasteiger partial charge in [-0.15, -0.1) is 0 Å². The first-order valence-electron chi connectivity index (χ1n) is 5.85. The summed E-state index contributed by atoms with van der Waals surface area (Å²) in [5, 5.41) is 0. The van der Waals surface area contributed by atoms with Crippen LogP contribution in [0.25, 0.3) is 0 Å². The first-order valence-corrected chi connectivity index (χ1v) is 5.85. The van der Waals surface area contributed by atoms with E-state index in [0.717, 1.165) is 19.4 Å². The Kier molecular flexibility index (Phi) is 3.79. The van der Waals surface area contributed by atoms with E-state index in [9.17, 15) is 0 Å². The van der Waals surface area contributed by atoms with Crippen LogP contribution in [0.2, 0.25) is 0 Å². The summed E-state index contributed by atoms with van der Waals surface area (Å²) in [5.74, 6) is 0. The molecule has 14 heavy (non-hydrogen) atoms. The van der Waals surface area contributed by atoms with Gasteiger partial charge in [0.1, 0.15) is 0 Å². The zero-order valence-electron chi connectivity index (χ0n) is 8.78. The van der Waals surface area contributed by atoms with Gasteiger partial charge < -0.3 is 15.2 Å². The standard InChI is InChI=1S/C11H21NO2/c12-7-10-5-6-11(14-10)8-13-9-3-1-2-4-9/h9-11H,1-8,12H2. The second-order valence-electron chi connectivity index (χ2n) is 4.43. The molecule has 3 heteroatoms. The van der Waals surface area contributed by atoms with E-state index >= 15 is 0 Å². The van der Waals surface area contributed by atoms with Crippen molar-refractivity contribution in [2.45, 2.75) is 56.8 Å². The van der Waals surface area contributed by atoms with Crippen molar-refractivity contribution in [2.24, 2.45) is 5.73 Å². The normalized spacial score (nSPS) is 34.1. The molecule has 0 aromatic rings. The minimum absolute atomic E-state index is 0.284. The van der Waals surface area contributed by atoms with E-state index in [4.69, 9.17) is 15.2 Å². The molecule has 2 fully saturated rings. The van der Waals surface area contributed by atoms with E-state index in [1.54, 1.807) is 0 Å². The molecule has 3 nitrogen and oxygen atoms in total. The van der Waals surface area contributed by atoms with Gasteiger partial charge in [-0.2, -0.15) is 0 Å². The average Bonchev–Trinajstić information content (AvgIpc) is 2.86. The summed E-state index contributed by atoms with van der Waals surface area (Å²) in [6.07, 6.45) is 8.49. The second kappa shape index (κ2) is 5.10. The van der Waals surface area contributed by atoms with Crippen LogP contribution in [0.1, 0.15) is 38.5 Å². The molecule has 2 rings (SSSR count). The van der Waals surface area contributed by atoms with Gasteiger partial charge >= 0.3 is 0 Å². The third-order valence-corrected chi connectivity index (χ3v) is 3.28. The summed E-state index contributed by atoms with van der Waals surface area (Å²) in [7, 11) is 0. The summed E-state index contributed by atoms with van der Waals surface area (Å²) >= 11 is 0. The molecule has 0 amide bonds. The lowest BCUT2D eigenvalue weighted by molar-refractivity contribution is -0.0372. The molecule has 2 unspecified atom stereocenters. The maximum atomic E-state index is 5.81. The predicted octanol–water partition coefficient (Wildman–Crippen LogP) is 1.45. The third kappa shape index (κ3) is 2.69. The van der Waals surface area contributed by atoms with E-state index < -0.39 is 0 Å². The van der Waals surface area contributed by atoms with Gasteiger partial charge in [0.05, 0.1) is 24.9 Å². The van der Waals surface area contributed by atoms with Crippen molar-refractivity contribution in [3.05, 3.63) is 0 Å². The minimum Gasteiger partial charge on any atom is -0.376 e. The van der Waals surface area contributed by atoms with Crippen LogP contribution in [0.5, 0.6) is 0 Å². The van der Waals surface area contributed by atoms with Crippen LogP contribution in [0.3, 0.4) is 0 Å². The molecule has 2 aliphatic rings. The SMILES string of the molecule is NCC1CCC(COC2CCCC2)O1. The first-order chi connectivity index (χ1) is 6.88. The fraction of sp³-hybridized carbons (Fsp3) is 1.00. The van der Waals surface area contributed by atoms with Gasteiger partial charge in [-0.05, 0) is 25.7 Å². The minimum atomic E-state index is 0.284. The number of nitrogens with two attached hydrogens (primary N) is 1. The van der Waals surface area contributed by atoms with Gasteiger partial charge in [0.25, 0.3) is 0 Å². The Balaban J connectivity index is 1.61. The molecular weight excluding hydrogens is 178 g/mol. The first kappa shape index (κ1) is 10.4. The van der Waals surface area contributed by atoms with Crippen LogP contribution in [-0.4, -0.2) is 31.5 Å². The lowest BCUT2D eigenvalue weighted by atomic mass is 10.2. The molecule has 0 bridgehead atoms. The van der Waals surface area contributed by atoms with E-state index in [-0.39, 0.29) is 6.10 Å². The highest BCUT2D eigenvalue weighted by molar-refractivity contribution is 4.75. The molecule has 2 N–H and O–H groups in total. The van der Waals surface area contributed by atoms with Gasteiger partial charge in [-0.1, -0.05) is 12.8 Å². The summed E-state index contributed by atoms with van der Waals surface area (Å²) in [6, 6.07) is 0. The monoisotopic (exact) mass is 199 g/mol. The Morgan fingerprint density at radius 1 is 1.07 bits per heavy atom. The van der Waals surface area contributed by atoms with E-state index in [1.165, 1.54) is 25.7 Å². The summed E-state index contributed by atoms with van der Waals surface area (Å²) in [5.41, 5.74) is 5.55. The topological polar surface area (TPSA) is 44.5 Å². The molecule has 0 radical (unpaired) electrons. The lowest BCUT2D eigenvalue weighted by Crippen LogP contribution is -2.24. The highest BCUT2D eigenvalue weighted by Gasteiger charge is 2.25. The average molecular weight is 199 g/mol. The zero-order chi connectivity index (χ0) is 9.80. The predicted molar refractivity (Wildman–Crippen MR) is 55.2 cm³/mol. The summed E-state index contributed by atoms with van der Waals surface area (Å²) in [6.45, 7) is 1.43. The second-order valence-corrected chi connectivity index (χ2v) is 4.43. The Hall–Kier alpha value is -0.120. The zero-order valence-corrected chi connectivity index (χ0v) is 8.78. The largest absolute Gasteiger partial charge is 0.376 e. The molecule has 0 aromatic heterocycles. The van der Waals surface area contributed by atoms with Crippen molar-refractivity contribution in [3.8, 4) is 0 Å². The molecular formula is C11H21NO2. The number of rotatable bonds is 4. The third-order valence-electron chi connectivity index (χ3n) is 3.28. The van der Waals surface area contributed by atoms with Crippen molar-refractivity contribution >= 4 is 0 Å². The molecule has 1 aliphatic carbocycles. The van der Waals surface area contributed by atoms with E-state index in [0.29, 0.717) is 18.8 Å². The van der Waals surface area contributed by atoms with Gasteiger partial charge in [0.2, 0.25) is 0 Å². The van der Waals surface area contributed by atoms with E-state index in [1.807, 2.05) is 0 Å². The molecule has 1 heterocycles. The molecule has 0 spiro atoms. The van der Waals surface area contributed by atoms with Crippen LogP contribution in [0, 0.1) is 0 Å². The summed E-state index contributed by atoms with van der Waals surface area (Å²) in [4.78, 5) is 0. The van der Waals surface area contributed by atoms with Crippen molar-refractivity contribution in [2.75, 3.05) is 13.2 Å². The van der Waals surface area contributed by atoms with Crippen molar-refractivity contribution in [3.63, 3.8) is 0 Å². The van der Waals surface area contributed by atoms with Crippen molar-refractivity contribution in [1.82, 2.24) is 0 Å². The molecule has 1 aliphatic heterocycles. The highest BCUT2D eigenvalue weighted by atomic mass is 16.5. The maximum Gasteiger partial charge on any atom is 0.0814 e. The highest BCUT2D eigenvalue weighted by Crippen LogP contribution is 2.24. The van der Waals surface area contributed by atoms with Gasteiger partial charge in [0.15, 0.2) is 0 Å². The summed E-state index contributed by atoms with van der Waals surface area (Å²) < 4.78 is 11.5. The number of hydrogen-bond donors (Lipinski definition) is 1. The maximum absolute atomic E-state index is 5.81. The fourth-order valence-corrected chi connectivity index (χ4v) is 2.37. The van der Waals surface area contributed by atoms with Crippen LogP contribution in [-0.2, 0) is 9.47 Å². The molecule has 0 aromatic carbocycles. The molecule has 82 valence electrons. The number of ether oxygens (including phenoxy) is 2. The van der Waals surface area contributed by atoms with Crippen molar-refractivity contribution in [1.29, 1.82) is 0 Å². The van der Waals surface area contributed by atoms with Crippen LogP contribution >= 0.6 is 0 Å². The quantitative estimate of drug-likeness (QED) is 0.745. The van der Waals surface area contributed by atoms with Gasteiger partial charge in [0, 0.05) is 6.54 Å². The Morgan fingerprint density at radius 2 is 1.79 bits per heavy atom. The molecule has 2 atom stereocenters. The number of hydrogen-bond acceptors (Lipinski definition) is 3. The van der Waals surface area contributed by atoms with Crippen LogP contribution in [0.15, 0.2) is 0 Å². The van der Waals surface area contributed by atoms with E-state index in [2.05, 4.69) is 0 Å².